The number of fused-ring (bicyclic) bond motifs is 1. The smallest absolute Gasteiger partial charge is 0.0655 e. The van der Waals surface area contributed by atoms with Crippen LogP contribution in [0, 0.1) is 23.2 Å². The Labute approximate surface area is 232 Å². The predicted octanol–water partition coefficient (Wildman–Crippen LogP) is 8.13. The molecule has 212 valence electrons. The van der Waals surface area contributed by atoms with Gasteiger partial charge in [0.05, 0.1) is 18.3 Å². The minimum absolute atomic E-state index is 0.000788. The molecule has 1 aromatic carbocycles. The van der Waals surface area contributed by atoms with Crippen molar-refractivity contribution in [2.24, 2.45) is 23.2 Å². The van der Waals surface area contributed by atoms with Crippen LogP contribution in [0.3, 0.4) is 0 Å². The molecule has 6 atom stereocenters. The molecular weight excluding hydrogens is 468 g/mol. The van der Waals surface area contributed by atoms with Crippen LogP contribution in [0.2, 0.25) is 0 Å². The highest BCUT2D eigenvalue weighted by molar-refractivity contribution is 5.42. The zero-order valence-corrected chi connectivity index (χ0v) is 24.8. The van der Waals surface area contributed by atoms with E-state index in [0.717, 1.165) is 35.5 Å². The van der Waals surface area contributed by atoms with Gasteiger partial charge >= 0.3 is 0 Å². The van der Waals surface area contributed by atoms with Gasteiger partial charge in [0.25, 0.3) is 0 Å². The summed E-state index contributed by atoms with van der Waals surface area (Å²) in [5.74, 6) is 1.16. The van der Waals surface area contributed by atoms with Crippen molar-refractivity contribution in [2.75, 3.05) is 6.61 Å². The monoisotopic (exact) mass is 522 g/mol. The minimum Gasteiger partial charge on any atom is -0.396 e. The summed E-state index contributed by atoms with van der Waals surface area (Å²) in [4.78, 5) is 0. The highest BCUT2D eigenvalue weighted by Crippen LogP contribution is 2.58. The van der Waals surface area contributed by atoms with E-state index in [4.69, 9.17) is 0 Å². The van der Waals surface area contributed by atoms with Gasteiger partial charge < -0.3 is 15.3 Å². The fourth-order valence-corrected chi connectivity index (χ4v) is 7.71. The third-order valence-electron chi connectivity index (χ3n) is 9.77. The zero-order valence-electron chi connectivity index (χ0n) is 24.8. The third-order valence-corrected chi connectivity index (χ3v) is 9.77. The van der Waals surface area contributed by atoms with Crippen LogP contribution in [0.15, 0.2) is 65.8 Å². The fourth-order valence-electron chi connectivity index (χ4n) is 7.71. The summed E-state index contributed by atoms with van der Waals surface area (Å²) >= 11 is 0. The first-order chi connectivity index (χ1) is 18.1. The van der Waals surface area contributed by atoms with Gasteiger partial charge in [-0.05, 0) is 99.2 Å². The van der Waals surface area contributed by atoms with Gasteiger partial charge in [-0.1, -0.05) is 88.2 Å². The number of allylic oxidation sites excluding steroid dienone is 3. The summed E-state index contributed by atoms with van der Waals surface area (Å²) in [6, 6.07) is 10.1. The standard InChI is InChI=1S/C33H48O3.C2H6/c1-23-26(21-30(35)31(28(23)22-34)25-11-6-5-7-12-25)16-15-24-13-10-20-33(4)27(17-18-29(24)33)14-8-9-19-32(2,3)36;1-2/h5-7,11-12,15-16,27-31,34-36H,1,8-10,13-14,17-22H2,2-4H3;1-2H3/b24-15+,26-16-;/t27-,28?,29?,30+,31-,33+;/m0./s1. The lowest BCUT2D eigenvalue weighted by Crippen LogP contribution is -2.35. The van der Waals surface area contributed by atoms with Crippen molar-refractivity contribution < 1.29 is 15.3 Å². The maximum atomic E-state index is 11.1. The first kappa shape index (κ1) is 30.9. The van der Waals surface area contributed by atoms with E-state index in [1.54, 1.807) is 5.57 Å². The molecule has 2 unspecified atom stereocenters. The summed E-state index contributed by atoms with van der Waals surface area (Å²) in [7, 11) is 0. The molecule has 0 amide bonds. The van der Waals surface area contributed by atoms with Crippen LogP contribution in [-0.2, 0) is 0 Å². The van der Waals surface area contributed by atoms with E-state index >= 15 is 0 Å². The first-order valence-corrected chi connectivity index (χ1v) is 15.3. The second-order valence-corrected chi connectivity index (χ2v) is 12.7. The van der Waals surface area contributed by atoms with Crippen LogP contribution in [0.5, 0.6) is 0 Å². The molecule has 0 radical (unpaired) electrons. The van der Waals surface area contributed by atoms with Crippen LogP contribution in [0.25, 0.3) is 0 Å². The van der Waals surface area contributed by atoms with Gasteiger partial charge in [0.2, 0.25) is 0 Å². The third kappa shape index (κ3) is 7.09. The van der Waals surface area contributed by atoms with Gasteiger partial charge in [-0.3, -0.25) is 0 Å². The highest BCUT2D eigenvalue weighted by Gasteiger charge is 2.48. The topological polar surface area (TPSA) is 60.7 Å². The molecule has 1 aromatic rings. The Kier molecular flexibility index (Phi) is 11.0. The zero-order chi connectivity index (χ0) is 27.9. The van der Waals surface area contributed by atoms with Gasteiger partial charge in [-0.2, -0.15) is 0 Å². The maximum absolute atomic E-state index is 11.1. The average molecular weight is 523 g/mol. The Morgan fingerprint density at radius 1 is 1.08 bits per heavy atom. The molecule has 3 aliphatic rings. The minimum atomic E-state index is -0.552. The Hall–Kier alpha value is -1.68. The van der Waals surface area contributed by atoms with Crippen molar-refractivity contribution in [2.45, 2.75) is 116 Å². The van der Waals surface area contributed by atoms with Crippen LogP contribution < -0.4 is 0 Å². The summed E-state index contributed by atoms with van der Waals surface area (Å²) in [5.41, 5.74) is 4.54. The Balaban J connectivity index is 0.00000195. The molecule has 3 fully saturated rings. The largest absolute Gasteiger partial charge is 0.396 e. The van der Waals surface area contributed by atoms with E-state index in [1.165, 1.54) is 44.9 Å². The van der Waals surface area contributed by atoms with E-state index in [2.05, 4.69) is 25.7 Å². The molecule has 0 spiro atoms. The van der Waals surface area contributed by atoms with Crippen LogP contribution in [0.4, 0.5) is 0 Å². The summed E-state index contributed by atoms with van der Waals surface area (Å²) in [6.07, 6.45) is 15.4. The Morgan fingerprint density at radius 2 is 1.79 bits per heavy atom. The lowest BCUT2D eigenvalue weighted by atomic mass is 9.62. The van der Waals surface area contributed by atoms with Gasteiger partial charge in [-0.25, -0.2) is 0 Å². The molecule has 0 aliphatic heterocycles. The van der Waals surface area contributed by atoms with E-state index in [1.807, 2.05) is 58.0 Å². The van der Waals surface area contributed by atoms with E-state index < -0.39 is 11.7 Å². The van der Waals surface area contributed by atoms with E-state index in [-0.39, 0.29) is 18.4 Å². The molecule has 4 rings (SSSR count). The van der Waals surface area contributed by atoms with Crippen molar-refractivity contribution in [3.63, 3.8) is 0 Å². The number of rotatable bonds is 8. The van der Waals surface area contributed by atoms with E-state index in [9.17, 15) is 15.3 Å². The number of unbranched alkanes of at least 4 members (excludes halogenated alkanes) is 1. The number of aliphatic hydroxyl groups excluding tert-OH is 2. The van der Waals surface area contributed by atoms with Crippen molar-refractivity contribution >= 4 is 0 Å². The summed E-state index contributed by atoms with van der Waals surface area (Å²) in [6.45, 7) is 14.7. The highest BCUT2D eigenvalue weighted by atomic mass is 16.3. The number of benzene rings is 1. The van der Waals surface area contributed by atoms with Crippen LogP contribution in [-0.4, -0.2) is 33.6 Å². The maximum Gasteiger partial charge on any atom is 0.0655 e. The van der Waals surface area contributed by atoms with Crippen molar-refractivity contribution in [3.05, 3.63) is 71.3 Å². The molecule has 0 aromatic heterocycles. The summed E-state index contributed by atoms with van der Waals surface area (Å²) < 4.78 is 0. The molecule has 3 aliphatic carbocycles. The lowest BCUT2D eigenvalue weighted by Gasteiger charge is -2.42. The molecule has 0 bridgehead atoms. The van der Waals surface area contributed by atoms with Gasteiger partial charge in [0, 0.05) is 11.8 Å². The summed E-state index contributed by atoms with van der Waals surface area (Å²) in [5, 5.41) is 31.4. The van der Waals surface area contributed by atoms with Gasteiger partial charge in [-0.15, -0.1) is 0 Å². The van der Waals surface area contributed by atoms with Crippen LogP contribution in [0.1, 0.15) is 110 Å². The quantitative estimate of drug-likeness (QED) is 0.302. The molecule has 0 heterocycles. The molecular formula is C35H54O3. The average Bonchev–Trinajstić information content (AvgIpc) is 3.24. The van der Waals surface area contributed by atoms with Crippen molar-refractivity contribution in [1.82, 2.24) is 0 Å². The van der Waals surface area contributed by atoms with Crippen molar-refractivity contribution in [3.8, 4) is 0 Å². The Morgan fingerprint density at radius 3 is 2.45 bits per heavy atom. The second kappa shape index (κ2) is 13.6. The molecule has 38 heavy (non-hydrogen) atoms. The molecule has 3 heteroatoms. The predicted molar refractivity (Wildman–Crippen MR) is 160 cm³/mol. The first-order valence-electron chi connectivity index (χ1n) is 15.3. The fraction of sp³-hybridized carbons (Fsp3) is 0.657. The SMILES string of the molecule is C=C1/C(=C\C=C2/CCC[C@@]3(C)C2CC[C@@H]3CCCCC(C)(C)O)C[C@@H](O)[C@@H](c2ccccc2)C1CO.CC. The van der Waals surface area contributed by atoms with E-state index in [0.29, 0.717) is 17.8 Å². The van der Waals surface area contributed by atoms with Crippen molar-refractivity contribution in [1.29, 1.82) is 0 Å². The normalized spacial score (nSPS) is 33.7. The molecule has 3 saturated carbocycles. The molecule has 0 saturated heterocycles. The number of hydrogen-bond donors (Lipinski definition) is 3. The van der Waals surface area contributed by atoms with Gasteiger partial charge in [0.15, 0.2) is 0 Å². The number of aliphatic hydroxyl groups is 3. The van der Waals surface area contributed by atoms with Gasteiger partial charge in [0.1, 0.15) is 0 Å². The van der Waals surface area contributed by atoms with Crippen LogP contribution >= 0.6 is 0 Å². The lowest BCUT2D eigenvalue weighted by molar-refractivity contribution is 0.0659. The molecule has 3 N–H and O–H groups in total. The Bertz CT molecular complexity index is 953. The number of hydrogen-bond acceptors (Lipinski definition) is 3. The second-order valence-electron chi connectivity index (χ2n) is 12.7. The molecule has 3 nitrogen and oxygen atoms in total.